The van der Waals surface area contributed by atoms with Gasteiger partial charge in [-0.05, 0) is 44.4 Å². The Bertz CT molecular complexity index is 477. The molecule has 0 unspecified atom stereocenters. The molecule has 0 radical (unpaired) electrons. The fourth-order valence-electron chi connectivity index (χ4n) is 2.82. The van der Waals surface area contributed by atoms with Crippen LogP contribution in [0.25, 0.3) is 0 Å². The number of nitrogens with one attached hydrogen (secondary N) is 2. The molecule has 6 nitrogen and oxygen atoms in total. The molecule has 1 aromatic heterocycles. The number of hydrogen-bond acceptors (Lipinski definition) is 3. The van der Waals surface area contributed by atoms with Gasteiger partial charge in [-0.3, -0.25) is 0 Å². The molecular formula is C17H31N5O. The summed E-state index contributed by atoms with van der Waals surface area (Å²) in [5, 5.41) is 16.2. The van der Waals surface area contributed by atoms with Gasteiger partial charge in [0.2, 0.25) is 0 Å². The minimum Gasteiger partial charge on any atom is -0.393 e. The summed E-state index contributed by atoms with van der Waals surface area (Å²) in [5.41, 5.74) is 1.22. The van der Waals surface area contributed by atoms with Gasteiger partial charge in [0.25, 0.3) is 0 Å². The molecule has 0 aliphatic carbocycles. The second-order valence-electron chi connectivity index (χ2n) is 6.23. The number of likely N-dealkylation sites (tertiary alicyclic amines) is 1. The van der Waals surface area contributed by atoms with Crippen LogP contribution in [-0.4, -0.2) is 59.4 Å². The standard InChI is InChI=1S/C17H31N5O/c1-3-18-17(20-13-15-5-10-21(2)14-15)19-8-4-9-22-11-6-16(23)7-12-22/h5,10,14,16,23H,3-4,6-9,11-13H2,1-2H3,(H2,18,19,20). The molecule has 1 aliphatic rings. The molecule has 1 aliphatic heterocycles. The largest absolute Gasteiger partial charge is 0.393 e. The van der Waals surface area contributed by atoms with Gasteiger partial charge in [-0.1, -0.05) is 0 Å². The van der Waals surface area contributed by atoms with E-state index in [1.54, 1.807) is 0 Å². The zero-order chi connectivity index (χ0) is 16.5. The quantitative estimate of drug-likeness (QED) is 0.397. The number of piperidine rings is 1. The Morgan fingerprint density at radius 1 is 1.35 bits per heavy atom. The second-order valence-corrected chi connectivity index (χ2v) is 6.23. The van der Waals surface area contributed by atoms with E-state index in [-0.39, 0.29) is 6.10 Å². The molecule has 0 amide bonds. The molecule has 2 rings (SSSR count). The molecule has 1 saturated heterocycles. The number of aliphatic imine (C=N–C) groups is 1. The van der Waals surface area contributed by atoms with Gasteiger partial charge in [-0.25, -0.2) is 4.99 Å². The summed E-state index contributed by atoms with van der Waals surface area (Å²) in [6.07, 6.45) is 6.96. The van der Waals surface area contributed by atoms with Gasteiger partial charge >= 0.3 is 0 Å². The molecule has 130 valence electrons. The van der Waals surface area contributed by atoms with Crippen LogP contribution in [0, 0.1) is 0 Å². The van der Waals surface area contributed by atoms with Crippen LogP contribution in [0.15, 0.2) is 23.5 Å². The highest BCUT2D eigenvalue weighted by molar-refractivity contribution is 5.79. The van der Waals surface area contributed by atoms with Gasteiger partial charge in [0.15, 0.2) is 5.96 Å². The third kappa shape index (κ3) is 6.62. The van der Waals surface area contributed by atoms with Crippen molar-refractivity contribution in [2.24, 2.45) is 12.0 Å². The van der Waals surface area contributed by atoms with Crippen molar-refractivity contribution in [2.75, 3.05) is 32.7 Å². The molecule has 23 heavy (non-hydrogen) atoms. The van der Waals surface area contributed by atoms with Crippen LogP contribution in [0.4, 0.5) is 0 Å². The summed E-state index contributed by atoms with van der Waals surface area (Å²) >= 11 is 0. The molecule has 0 atom stereocenters. The first-order valence-electron chi connectivity index (χ1n) is 8.71. The van der Waals surface area contributed by atoms with Gasteiger partial charge in [-0.2, -0.15) is 0 Å². The molecule has 0 saturated carbocycles. The van der Waals surface area contributed by atoms with E-state index < -0.39 is 0 Å². The number of aliphatic hydroxyl groups excluding tert-OH is 1. The summed E-state index contributed by atoms with van der Waals surface area (Å²) in [4.78, 5) is 7.06. The lowest BCUT2D eigenvalue weighted by Gasteiger charge is -2.29. The van der Waals surface area contributed by atoms with Crippen LogP contribution < -0.4 is 10.6 Å². The first-order chi connectivity index (χ1) is 11.2. The Labute approximate surface area is 139 Å². The molecule has 6 heteroatoms. The third-order valence-electron chi connectivity index (χ3n) is 4.16. The van der Waals surface area contributed by atoms with Crippen molar-refractivity contribution in [1.82, 2.24) is 20.1 Å². The highest BCUT2D eigenvalue weighted by atomic mass is 16.3. The van der Waals surface area contributed by atoms with E-state index >= 15 is 0 Å². The van der Waals surface area contributed by atoms with Crippen molar-refractivity contribution in [3.05, 3.63) is 24.0 Å². The number of aromatic nitrogens is 1. The van der Waals surface area contributed by atoms with Gasteiger partial charge in [-0.15, -0.1) is 0 Å². The van der Waals surface area contributed by atoms with Gasteiger partial charge in [0.1, 0.15) is 0 Å². The predicted molar refractivity (Wildman–Crippen MR) is 94.5 cm³/mol. The van der Waals surface area contributed by atoms with E-state index in [0.29, 0.717) is 6.54 Å². The third-order valence-corrected chi connectivity index (χ3v) is 4.16. The van der Waals surface area contributed by atoms with Crippen molar-refractivity contribution in [1.29, 1.82) is 0 Å². The van der Waals surface area contributed by atoms with Crippen LogP contribution in [0.5, 0.6) is 0 Å². The molecule has 1 aromatic rings. The van der Waals surface area contributed by atoms with Crippen molar-refractivity contribution in [3.8, 4) is 0 Å². The maximum atomic E-state index is 9.52. The van der Waals surface area contributed by atoms with E-state index in [1.165, 1.54) is 5.56 Å². The smallest absolute Gasteiger partial charge is 0.191 e. The van der Waals surface area contributed by atoms with Crippen LogP contribution in [0.2, 0.25) is 0 Å². The lowest BCUT2D eigenvalue weighted by atomic mass is 10.1. The molecular weight excluding hydrogens is 290 g/mol. The van der Waals surface area contributed by atoms with E-state index in [2.05, 4.69) is 39.7 Å². The Balaban J connectivity index is 1.67. The SMILES string of the molecule is CCNC(=NCc1ccn(C)c1)NCCCN1CCC(O)CC1. The molecule has 1 fully saturated rings. The lowest BCUT2D eigenvalue weighted by molar-refractivity contribution is 0.0823. The Morgan fingerprint density at radius 3 is 2.78 bits per heavy atom. The number of guanidine groups is 1. The average Bonchev–Trinajstić information content (AvgIpc) is 2.96. The number of rotatable bonds is 7. The van der Waals surface area contributed by atoms with Gasteiger partial charge in [0, 0.05) is 45.6 Å². The zero-order valence-electron chi connectivity index (χ0n) is 14.5. The Morgan fingerprint density at radius 2 is 2.13 bits per heavy atom. The summed E-state index contributed by atoms with van der Waals surface area (Å²) in [6.45, 7) is 7.67. The van der Waals surface area contributed by atoms with Crippen LogP contribution >= 0.6 is 0 Å². The van der Waals surface area contributed by atoms with Gasteiger partial charge in [0.05, 0.1) is 12.6 Å². The average molecular weight is 321 g/mol. The second kappa shape index (κ2) is 9.57. The predicted octanol–water partition coefficient (Wildman–Crippen LogP) is 0.927. The zero-order valence-corrected chi connectivity index (χ0v) is 14.5. The minimum absolute atomic E-state index is 0.0881. The summed E-state index contributed by atoms with van der Waals surface area (Å²) in [7, 11) is 2.02. The molecule has 3 N–H and O–H groups in total. The minimum atomic E-state index is -0.0881. The normalized spacial score (nSPS) is 17.4. The first kappa shape index (κ1) is 17.8. The highest BCUT2D eigenvalue weighted by Crippen LogP contribution is 2.09. The monoisotopic (exact) mass is 321 g/mol. The highest BCUT2D eigenvalue weighted by Gasteiger charge is 2.15. The topological polar surface area (TPSA) is 64.8 Å². The Hall–Kier alpha value is -1.53. The van der Waals surface area contributed by atoms with E-state index in [1.807, 2.05) is 17.8 Å². The molecule has 2 heterocycles. The maximum Gasteiger partial charge on any atom is 0.191 e. The molecule has 0 bridgehead atoms. The van der Waals surface area contributed by atoms with Crippen molar-refractivity contribution in [2.45, 2.75) is 38.8 Å². The van der Waals surface area contributed by atoms with E-state index in [0.717, 1.165) is 57.9 Å². The number of aliphatic hydroxyl groups is 1. The fraction of sp³-hybridized carbons (Fsp3) is 0.706. The van der Waals surface area contributed by atoms with E-state index in [4.69, 9.17) is 0 Å². The lowest BCUT2D eigenvalue weighted by Crippen LogP contribution is -2.40. The summed E-state index contributed by atoms with van der Waals surface area (Å²) in [5.74, 6) is 0.880. The number of aryl methyl sites for hydroxylation is 1. The van der Waals surface area contributed by atoms with Crippen molar-refractivity contribution < 1.29 is 5.11 Å². The van der Waals surface area contributed by atoms with Gasteiger partial charge < -0.3 is 25.2 Å². The first-order valence-corrected chi connectivity index (χ1v) is 8.71. The summed E-state index contributed by atoms with van der Waals surface area (Å²) < 4.78 is 2.04. The van der Waals surface area contributed by atoms with Crippen LogP contribution in [0.3, 0.4) is 0 Å². The maximum absolute atomic E-state index is 9.52. The summed E-state index contributed by atoms with van der Waals surface area (Å²) in [6, 6.07) is 2.10. The van der Waals surface area contributed by atoms with E-state index in [9.17, 15) is 5.11 Å². The fourth-order valence-corrected chi connectivity index (χ4v) is 2.82. The Kier molecular flexibility index (Phi) is 7.42. The van der Waals surface area contributed by atoms with Crippen LogP contribution in [0.1, 0.15) is 31.7 Å². The number of hydrogen-bond donors (Lipinski definition) is 3. The van der Waals surface area contributed by atoms with Crippen LogP contribution in [-0.2, 0) is 13.6 Å². The van der Waals surface area contributed by atoms with Crippen molar-refractivity contribution >= 4 is 5.96 Å². The van der Waals surface area contributed by atoms with Crippen molar-refractivity contribution in [3.63, 3.8) is 0 Å². The number of nitrogens with zero attached hydrogens (tertiary/aromatic N) is 3. The molecule has 0 aromatic carbocycles. The molecule has 0 spiro atoms.